The average Bonchev–Trinajstić information content (AvgIpc) is 2.82. The van der Waals surface area contributed by atoms with E-state index in [2.05, 4.69) is 25.7 Å². The van der Waals surface area contributed by atoms with Gasteiger partial charge in [0.25, 0.3) is 0 Å². The van der Waals surface area contributed by atoms with E-state index in [-0.39, 0.29) is 5.54 Å². The zero-order chi connectivity index (χ0) is 12.5. The Balaban J connectivity index is 2.01. The van der Waals surface area contributed by atoms with Crippen LogP contribution in [-0.2, 0) is 4.79 Å². The molecule has 1 heterocycles. The highest BCUT2D eigenvalue weighted by Crippen LogP contribution is 2.34. The van der Waals surface area contributed by atoms with Crippen molar-refractivity contribution in [2.24, 2.45) is 11.8 Å². The number of rotatable bonds is 3. The van der Waals surface area contributed by atoms with Crippen molar-refractivity contribution in [1.29, 1.82) is 0 Å². The molecular weight excluding hydrogens is 210 g/mol. The molecule has 2 nitrogen and oxygen atoms in total. The molecule has 1 saturated heterocycles. The van der Waals surface area contributed by atoms with Crippen LogP contribution in [0.15, 0.2) is 0 Å². The molecule has 0 aromatic rings. The van der Waals surface area contributed by atoms with E-state index in [0.717, 1.165) is 31.8 Å². The van der Waals surface area contributed by atoms with Gasteiger partial charge in [0.1, 0.15) is 0 Å². The summed E-state index contributed by atoms with van der Waals surface area (Å²) in [6.45, 7) is 8.80. The summed E-state index contributed by atoms with van der Waals surface area (Å²) in [6.07, 6.45) is 7.33. The molecular formula is C15H27NO. The lowest BCUT2D eigenvalue weighted by molar-refractivity contribution is -0.134. The lowest BCUT2D eigenvalue weighted by Crippen LogP contribution is -2.51. The summed E-state index contributed by atoms with van der Waals surface area (Å²) < 4.78 is 0. The molecule has 2 heteroatoms. The van der Waals surface area contributed by atoms with Gasteiger partial charge < -0.3 is 0 Å². The molecule has 0 aromatic heterocycles. The van der Waals surface area contributed by atoms with Crippen molar-refractivity contribution in [3.8, 4) is 0 Å². The second-order valence-corrected chi connectivity index (χ2v) is 6.59. The van der Waals surface area contributed by atoms with Crippen molar-refractivity contribution in [1.82, 2.24) is 4.90 Å². The minimum atomic E-state index is -0.224. The van der Waals surface area contributed by atoms with E-state index >= 15 is 0 Å². The molecule has 2 atom stereocenters. The van der Waals surface area contributed by atoms with Crippen LogP contribution in [0, 0.1) is 11.8 Å². The van der Waals surface area contributed by atoms with E-state index < -0.39 is 0 Å². The number of carbonyl (C=O) groups is 1. The molecule has 2 unspecified atom stereocenters. The fourth-order valence-corrected chi connectivity index (χ4v) is 3.60. The van der Waals surface area contributed by atoms with Gasteiger partial charge in [-0.2, -0.15) is 0 Å². The normalized spacial score (nSPS) is 31.7. The first kappa shape index (κ1) is 13.1. The zero-order valence-electron chi connectivity index (χ0n) is 11.7. The molecule has 2 rings (SSSR count). The number of likely N-dealkylation sites (tertiary alicyclic amines) is 1. The first-order chi connectivity index (χ1) is 8.01. The monoisotopic (exact) mass is 237 g/mol. The van der Waals surface area contributed by atoms with Crippen LogP contribution in [-0.4, -0.2) is 29.3 Å². The van der Waals surface area contributed by atoms with Gasteiger partial charge in [-0.15, -0.1) is 0 Å². The highest BCUT2D eigenvalue weighted by atomic mass is 16.1. The van der Waals surface area contributed by atoms with Crippen LogP contribution in [0.2, 0.25) is 0 Å². The van der Waals surface area contributed by atoms with Crippen molar-refractivity contribution in [3.63, 3.8) is 0 Å². The Kier molecular flexibility index (Phi) is 3.92. The van der Waals surface area contributed by atoms with E-state index in [1.807, 2.05) is 0 Å². The van der Waals surface area contributed by atoms with E-state index in [1.165, 1.54) is 25.7 Å². The van der Waals surface area contributed by atoms with Crippen molar-refractivity contribution >= 4 is 5.78 Å². The van der Waals surface area contributed by atoms with Crippen molar-refractivity contribution < 1.29 is 4.79 Å². The van der Waals surface area contributed by atoms with Gasteiger partial charge in [-0.05, 0) is 58.5 Å². The van der Waals surface area contributed by atoms with Crippen LogP contribution in [0.4, 0.5) is 0 Å². The van der Waals surface area contributed by atoms with Crippen molar-refractivity contribution in [2.45, 2.75) is 64.8 Å². The van der Waals surface area contributed by atoms with Gasteiger partial charge in [0.15, 0.2) is 5.78 Å². The topological polar surface area (TPSA) is 20.3 Å². The molecule has 98 valence electrons. The Morgan fingerprint density at radius 3 is 2.35 bits per heavy atom. The zero-order valence-corrected chi connectivity index (χ0v) is 11.7. The standard InChI is InChI=1S/C15H27NO/c1-12-7-6-8-13(11-12)14(17)15(2,3)16-9-4-5-10-16/h12-13H,4-11H2,1-3H3. The van der Waals surface area contributed by atoms with Gasteiger partial charge in [0.2, 0.25) is 0 Å². The largest absolute Gasteiger partial charge is 0.297 e. The molecule has 0 aromatic carbocycles. The third-order valence-corrected chi connectivity index (χ3v) is 4.81. The van der Waals surface area contributed by atoms with Crippen LogP contribution >= 0.6 is 0 Å². The SMILES string of the molecule is CC1CCCC(C(=O)C(C)(C)N2CCCC2)C1. The van der Waals surface area contributed by atoms with Crippen LogP contribution in [0.1, 0.15) is 59.3 Å². The second kappa shape index (κ2) is 5.09. The molecule has 0 N–H and O–H groups in total. The number of Topliss-reactive ketones (excluding diaryl/α,β-unsaturated/α-hetero) is 1. The van der Waals surface area contributed by atoms with Crippen LogP contribution in [0.25, 0.3) is 0 Å². The Bertz CT molecular complexity index is 279. The molecule has 0 radical (unpaired) electrons. The van der Waals surface area contributed by atoms with Gasteiger partial charge in [-0.25, -0.2) is 0 Å². The van der Waals surface area contributed by atoms with Crippen LogP contribution in [0.3, 0.4) is 0 Å². The molecule has 2 aliphatic rings. The van der Waals surface area contributed by atoms with Gasteiger partial charge >= 0.3 is 0 Å². The minimum Gasteiger partial charge on any atom is -0.297 e. The highest BCUT2D eigenvalue weighted by molar-refractivity contribution is 5.89. The van der Waals surface area contributed by atoms with Gasteiger partial charge in [0.05, 0.1) is 5.54 Å². The van der Waals surface area contributed by atoms with Crippen molar-refractivity contribution in [3.05, 3.63) is 0 Å². The van der Waals surface area contributed by atoms with Gasteiger partial charge in [0, 0.05) is 5.92 Å². The second-order valence-electron chi connectivity index (χ2n) is 6.59. The number of carbonyl (C=O) groups excluding carboxylic acids is 1. The first-order valence-corrected chi connectivity index (χ1v) is 7.31. The van der Waals surface area contributed by atoms with E-state index in [1.54, 1.807) is 0 Å². The maximum atomic E-state index is 12.7. The number of nitrogens with zero attached hydrogens (tertiary/aromatic N) is 1. The van der Waals surface area contributed by atoms with Crippen LogP contribution in [0.5, 0.6) is 0 Å². The molecule has 1 saturated carbocycles. The van der Waals surface area contributed by atoms with Crippen molar-refractivity contribution in [2.75, 3.05) is 13.1 Å². The Morgan fingerprint density at radius 1 is 1.12 bits per heavy atom. The maximum absolute atomic E-state index is 12.7. The Morgan fingerprint density at radius 2 is 1.76 bits per heavy atom. The first-order valence-electron chi connectivity index (χ1n) is 7.31. The molecule has 0 amide bonds. The molecule has 0 spiro atoms. The quantitative estimate of drug-likeness (QED) is 0.751. The summed E-state index contributed by atoms with van der Waals surface area (Å²) in [5.41, 5.74) is -0.224. The van der Waals surface area contributed by atoms with Crippen LogP contribution < -0.4 is 0 Å². The fraction of sp³-hybridized carbons (Fsp3) is 0.933. The summed E-state index contributed by atoms with van der Waals surface area (Å²) in [5.74, 6) is 1.58. The summed E-state index contributed by atoms with van der Waals surface area (Å²) in [4.78, 5) is 15.1. The molecule has 17 heavy (non-hydrogen) atoms. The highest BCUT2D eigenvalue weighted by Gasteiger charge is 2.40. The predicted molar refractivity (Wildman–Crippen MR) is 71.0 cm³/mol. The van der Waals surface area contributed by atoms with Gasteiger partial charge in [-0.3, -0.25) is 9.69 Å². The molecule has 0 bridgehead atoms. The van der Waals surface area contributed by atoms with E-state index in [9.17, 15) is 4.79 Å². The summed E-state index contributed by atoms with van der Waals surface area (Å²) >= 11 is 0. The van der Waals surface area contributed by atoms with E-state index in [0.29, 0.717) is 11.7 Å². The summed E-state index contributed by atoms with van der Waals surface area (Å²) in [7, 11) is 0. The Labute approximate surface area is 106 Å². The molecule has 1 aliphatic carbocycles. The maximum Gasteiger partial charge on any atom is 0.155 e. The Hall–Kier alpha value is -0.370. The summed E-state index contributed by atoms with van der Waals surface area (Å²) in [6, 6.07) is 0. The lowest BCUT2D eigenvalue weighted by atomic mass is 9.75. The van der Waals surface area contributed by atoms with Gasteiger partial charge in [-0.1, -0.05) is 19.8 Å². The smallest absolute Gasteiger partial charge is 0.155 e. The predicted octanol–water partition coefficient (Wildman–Crippen LogP) is 3.26. The fourth-order valence-electron chi connectivity index (χ4n) is 3.60. The molecule has 2 fully saturated rings. The molecule has 1 aliphatic heterocycles. The minimum absolute atomic E-state index is 0.224. The number of ketones is 1. The summed E-state index contributed by atoms with van der Waals surface area (Å²) in [5, 5.41) is 0. The average molecular weight is 237 g/mol. The number of hydrogen-bond donors (Lipinski definition) is 0. The van der Waals surface area contributed by atoms with E-state index in [4.69, 9.17) is 0 Å². The lowest BCUT2D eigenvalue weighted by Gasteiger charge is -2.38. The third-order valence-electron chi connectivity index (χ3n) is 4.81. The third kappa shape index (κ3) is 2.73. The number of hydrogen-bond acceptors (Lipinski definition) is 2.